The van der Waals surface area contributed by atoms with Crippen molar-refractivity contribution in [1.29, 1.82) is 0 Å². The van der Waals surface area contributed by atoms with Crippen LogP contribution in [0.5, 0.6) is 5.75 Å². The second kappa shape index (κ2) is 9.09. The minimum absolute atomic E-state index is 0.0464. The van der Waals surface area contributed by atoms with Crippen molar-refractivity contribution >= 4 is 17.8 Å². The number of hydrazone groups is 1. The number of non-ortho nitro benzene ring substituents is 1. The predicted octanol–water partition coefficient (Wildman–Crippen LogP) is 3.94. The molecule has 0 aliphatic rings. The molecule has 3 aromatic rings. The second-order valence-corrected chi connectivity index (χ2v) is 5.82. The van der Waals surface area contributed by atoms with Gasteiger partial charge in [0.1, 0.15) is 12.4 Å². The lowest BCUT2D eigenvalue weighted by molar-refractivity contribution is -0.384. The average Bonchev–Trinajstić information content (AvgIpc) is 2.73. The van der Waals surface area contributed by atoms with Crippen LogP contribution in [0, 0.1) is 10.1 Å². The number of nitrogens with one attached hydrogen (secondary N) is 1. The molecule has 1 N–H and O–H groups in total. The topological polar surface area (TPSA) is 93.8 Å². The normalized spacial score (nSPS) is 10.6. The molecule has 0 atom stereocenters. The van der Waals surface area contributed by atoms with Crippen LogP contribution in [0.1, 0.15) is 21.5 Å². The molecule has 0 unspecified atom stereocenters. The van der Waals surface area contributed by atoms with Crippen LogP contribution in [0.25, 0.3) is 0 Å². The first kappa shape index (κ1) is 18.8. The van der Waals surface area contributed by atoms with Gasteiger partial charge in [0.25, 0.3) is 11.6 Å². The maximum atomic E-state index is 12.4. The molecule has 0 radical (unpaired) electrons. The number of amides is 1. The molecule has 0 heterocycles. The number of hydrogen-bond acceptors (Lipinski definition) is 5. The standard InChI is InChI=1S/C21H17N3O4/c25-21(23-22-14-17-9-6-10-18(13-17)24(26)27)19-11-4-5-12-20(19)28-15-16-7-2-1-3-8-16/h1-14H,15H2,(H,23,25). The Hall–Kier alpha value is -4.00. The van der Waals surface area contributed by atoms with E-state index >= 15 is 0 Å². The number of rotatable bonds is 7. The molecular weight excluding hydrogens is 358 g/mol. The predicted molar refractivity (Wildman–Crippen MR) is 105 cm³/mol. The molecule has 7 nitrogen and oxygen atoms in total. The van der Waals surface area contributed by atoms with Gasteiger partial charge in [0.2, 0.25) is 0 Å². The quantitative estimate of drug-likeness (QED) is 0.384. The Labute approximate surface area is 161 Å². The molecule has 0 aliphatic carbocycles. The van der Waals surface area contributed by atoms with Gasteiger partial charge in [-0.1, -0.05) is 54.6 Å². The van der Waals surface area contributed by atoms with Crippen molar-refractivity contribution in [2.45, 2.75) is 6.61 Å². The van der Waals surface area contributed by atoms with Crippen LogP contribution < -0.4 is 10.2 Å². The Bertz CT molecular complexity index is 1000. The van der Waals surface area contributed by atoms with Gasteiger partial charge in [-0.25, -0.2) is 5.43 Å². The van der Waals surface area contributed by atoms with Gasteiger partial charge in [0.15, 0.2) is 0 Å². The highest BCUT2D eigenvalue weighted by Gasteiger charge is 2.11. The van der Waals surface area contributed by atoms with Crippen LogP contribution in [0.4, 0.5) is 5.69 Å². The van der Waals surface area contributed by atoms with E-state index in [2.05, 4.69) is 10.5 Å². The Kier molecular flexibility index (Phi) is 6.10. The fraction of sp³-hybridized carbons (Fsp3) is 0.0476. The summed E-state index contributed by atoms with van der Waals surface area (Å²) in [7, 11) is 0. The molecule has 3 aromatic carbocycles. The highest BCUT2D eigenvalue weighted by Crippen LogP contribution is 2.19. The number of hydrogen-bond donors (Lipinski definition) is 1. The fourth-order valence-corrected chi connectivity index (χ4v) is 2.46. The smallest absolute Gasteiger partial charge is 0.275 e. The van der Waals surface area contributed by atoms with E-state index in [0.29, 0.717) is 23.5 Å². The summed E-state index contributed by atoms with van der Waals surface area (Å²) in [5.41, 5.74) is 4.20. The maximum Gasteiger partial charge on any atom is 0.275 e. The van der Waals surface area contributed by atoms with E-state index in [1.807, 2.05) is 30.3 Å². The van der Waals surface area contributed by atoms with Gasteiger partial charge in [0, 0.05) is 17.7 Å². The third-order valence-corrected chi connectivity index (χ3v) is 3.83. The van der Waals surface area contributed by atoms with E-state index in [1.54, 1.807) is 36.4 Å². The van der Waals surface area contributed by atoms with Crippen molar-refractivity contribution in [3.05, 3.63) is 106 Å². The SMILES string of the molecule is O=C(NN=Cc1cccc([N+](=O)[O-])c1)c1ccccc1OCc1ccccc1. The average molecular weight is 375 g/mol. The van der Waals surface area contributed by atoms with Gasteiger partial charge in [-0.2, -0.15) is 5.10 Å². The summed E-state index contributed by atoms with van der Waals surface area (Å²) in [6.45, 7) is 0.335. The number of carbonyl (C=O) groups is 1. The number of carbonyl (C=O) groups excluding carboxylic acids is 1. The highest BCUT2D eigenvalue weighted by molar-refractivity contribution is 5.97. The molecule has 0 fully saturated rings. The summed E-state index contributed by atoms with van der Waals surface area (Å²) < 4.78 is 5.76. The van der Waals surface area contributed by atoms with Gasteiger partial charge in [-0.3, -0.25) is 14.9 Å². The van der Waals surface area contributed by atoms with Crippen molar-refractivity contribution in [2.75, 3.05) is 0 Å². The van der Waals surface area contributed by atoms with Gasteiger partial charge in [-0.15, -0.1) is 0 Å². The molecule has 140 valence electrons. The summed E-state index contributed by atoms with van der Waals surface area (Å²) in [6.07, 6.45) is 1.35. The van der Waals surface area contributed by atoms with Crippen molar-refractivity contribution in [1.82, 2.24) is 5.43 Å². The number of nitro groups is 1. The number of nitro benzene ring substituents is 1. The molecular formula is C21H17N3O4. The van der Waals surface area contributed by atoms with Crippen molar-refractivity contribution in [3.63, 3.8) is 0 Å². The fourth-order valence-electron chi connectivity index (χ4n) is 2.46. The van der Waals surface area contributed by atoms with Crippen LogP contribution in [0.2, 0.25) is 0 Å². The van der Waals surface area contributed by atoms with Gasteiger partial charge >= 0.3 is 0 Å². The van der Waals surface area contributed by atoms with E-state index in [4.69, 9.17) is 4.74 Å². The van der Waals surface area contributed by atoms with Crippen molar-refractivity contribution in [3.8, 4) is 5.75 Å². The third-order valence-electron chi connectivity index (χ3n) is 3.83. The molecule has 0 saturated heterocycles. The van der Waals surface area contributed by atoms with E-state index in [1.165, 1.54) is 18.3 Å². The van der Waals surface area contributed by atoms with Gasteiger partial charge < -0.3 is 4.74 Å². The van der Waals surface area contributed by atoms with Crippen LogP contribution in [0.3, 0.4) is 0 Å². The van der Waals surface area contributed by atoms with Gasteiger partial charge in [0.05, 0.1) is 16.7 Å². The number of benzene rings is 3. The van der Waals surface area contributed by atoms with E-state index in [0.717, 1.165) is 5.56 Å². The summed E-state index contributed by atoms with van der Waals surface area (Å²) in [6, 6.07) is 22.4. The van der Waals surface area contributed by atoms with E-state index in [-0.39, 0.29) is 5.69 Å². The Morgan fingerprint density at radius 3 is 2.57 bits per heavy atom. The van der Waals surface area contributed by atoms with Crippen LogP contribution in [-0.2, 0) is 6.61 Å². The van der Waals surface area contributed by atoms with Crippen molar-refractivity contribution in [2.24, 2.45) is 5.10 Å². The molecule has 0 spiro atoms. The molecule has 0 saturated carbocycles. The number of nitrogens with zero attached hydrogens (tertiary/aromatic N) is 2. The van der Waals surface area contributed by atoms with Gasteiger partial charge in [-0.05, 0) is 17.7 Å². The summed E-state index contributed by atoms with van der Waals surface area (Å²) in [5.74, 6) is -0.000237. The molecule has 0 aromatic heterocycles. The Morgan fingerprint density at radius 1 is 1.04 bits per heavy atom. The highest BCUT2D eigenvalue weighted by atomic mass is 16.6. The molecule has 28 heavy (non-hydrogen) atoms. The number of para-hydroxylation sites is 1. The molecule has 1 amide bonds. The number of ether oxygens (including phenoxy) is 1. The lowest BCUT2D eigenvalue weighted by Gasteiger charge is -2.10. The zero-order chi connectivity index (χ0) is 19.8. The van der Waals surface area contributed by atoms with Crippen LogP contribution in [-0.4, -0.2) is 17.0 Å². The van der Waals surface area contributed by atoms with Crippen molar-refractivity contribution < 1.29 is 14.5 Å². The Balaban J connectivity index is 1.66. The third kappa shape index (κ3) is 5.01. The second-order valence-electron chi connectivity index (χ2n) is 5.82. The first-order valence-electron chi connectivity index (χ1n) is 8.47. The first-order valence-corrected chi connectivity index (χ1v) is 8.47. The molecule has 3 rings (SSSR count). The van der Waals surface area contributed by atoms with Crippen LogP contribution >= 0.6 is 0 Å². The lowest BCUT2D eigenvalue weighted by atomic mass is 10.2. The maximum absolute atomic E-state index is 12.4. The van der Waals surface area contributed by atoms with Crippen LogP contribution in [0.15, 0.2) is 84.0 Å². The van der Waals surface area contributed by atoms with E-state index in [9.17, 15) is 14.9 Å². The Morgan fingerprint density at radius 2 is 1.79 bits per heavy atom. The molecule has 0 bridgehead atoms. The summed E-state index contributed by atoms with van der Waals surface area (Å²) in [4.78, 5) is 22.7. The first-order chi connectivity index (χ1) is 13.6. The molecule has 7 heteroatoms. The lowest BCUT2D eigenvalue weighted by Crippen LogP contribution is -2.18. The zero-order valence-electron chi connectivity index (χ0n) is 14.8. The van der Waals surface area contributed by atoms with E-state index < -0.39 is 10.8 Å². The largest absolute Gasteiger partial charge is 0.488 e. The summed E-state index contributed by atoms with van der Waals surface area (Å²) >= 11 is 0. The minimum atomic E-state index is -0.490. The minimum Gasteiger partial charge on any atom is -0.488 e. The zero-order valence-corrected chi connectivity index (χ0v) is 14.8. The summed E-state index contributed by atoms with van der Waals surface area (Å²) in [5, 5.41) is 14.7. The molecule has 0 aliphatic heterocycles. The monoisotopic (exact) mass is 375 g/mol.